The Morgan fingerprint density at radius 1 is 0.333 bits per heavy atom. The third-order valence-corrected chi connectivity index (χ3v) is 13.8. The van der Waals surface area contributed by atoms with Gasteiger partial charge in [0.15, 0.2) is 0 Å². The van der Waals surface area contributed by atoms with Gasteiger partial charge >= 0.3 is 42.4 Å². The maximum Gasteiger partial charge on any atom is 0.488 e. The summed E-state index contributed by atoms with van der Waals surface area (Å²) in [4.78, 5) is 0. The summed E-state index contributed by atoms with van der Waals surface area (Å²) in [5, 5.41) is 0. The molecule has 9 aromatic carbocycles. The van der Waals surface area contributed by atoms with E-state index in [0.717, 1.165) is 0 Å². The molecule has 0 saturated carbocycles. The molecule has 426 valence electrons. The maximum absolute atomic E-state index is 13.8. The molecule has 1 aliphatic rings. The Labute approximate surface area is 484 Å². The number of ether oxygens (including phenoxy) is 6. The number of halogens is 3. The highest BCUT2D eigenvalue weighted by molar-refractivity contribution is 7.94. The van der Waals surface area contributed by atoms with E-state index in [1.165, 1.54) is 48.5 Å². The first-order chi connectivity index (χ1) is 40.4. The Kier molecular flexibility index (Phi) is 18.2. The van der Waals surface area contributed by atoms with Gasteiger partial charge in [-0.3, -0.25) is 0 Å². The molecule has 0 aromatic heterocycles. The highest BCUT2D eigenvalue weighted by Crippen LogP contribution is 2.31. The highest BCUT2D eigenvalue weighted by Gasteiger charge is 2.43. The number of hydrogen-bond donors (Lipinski definition) is 0. The average Bonchev–Trinajstić information content (AvgIpc) is 3.64. The van der Waals surface area contributed by atoms with E-state index in [1.807, 2.05) is 66.7 Å². The molecular formula is C59H46B3F3O16S3. The lowest BCUT2D eigenvalue weighted by Gasteiger charge is -2.32. The largest absolute Gasteiger partial charge is 0.488 e. The number of benzene rings is 9. The van der Waals surface area contributed by atoms with Gasteiger partial charge in [-0.25, -0.2) is 4.21 Å². The van der Waals surface area contributed by atoms with Crippen LogP contribution in [0.3, 0.4) is 0 Å². The van der Waals surface area contributed by atoms with Gasteiger partial charge in [-0.15, -0.1) is 3.89 Å². The molecule has 4 unspecified atom stereocenters. The van der Waals surface area contributed by atoms with E-state index >= 15 is 0 Å². The van der Waals surface area contributed by atoms with Crippen LogP contribution in [0.25, 0.3) is 0 Å². The molecule has 0 amide bonds. The van der Waals surface area contributed by atoms with E-state index < -0.39 is 71.1 Å². The van der Waals surface area contributed by atoms with Crippen LogP contribution in [-0.2, 0) is 50.4 Å². The van der Waals surface area contributed by atoms with Gasteiger partial charge in [0.05, 0.1) is 5.75 Å². The van der Waals surface area contributed by atoms with E-state index in [4.69, 9.17) is 42.1 Å². The molecule has 0 radical (unpaired) electrons. The predicted molar refractivity (Wildman–Crippen MR) is 311 cm³/mol. The standard InChI is InChI=1S/C59H46B3F3O16S3/c1-82(63,66)41-42-17-25-49(26-18-42)71-57(43-11-5-2-6-12-43)72-50-27-19-46(20-28-50)60-79-61(47-21-29-51(30-22-47)73-58(44-13-7-3-8-14-44)75-53-33-37-55(38-34-53)77-83(64,67)68)81-62(80-60)48-23-31-52(32-24-48)74-59(45-15-9-4-10-16-45)76-54-35-39-56(40-36-54)78-84(65,69)70/h2-40,57-59H,1,41H2. The first-order valence-corrected chi connectivity index (χ1v) is 29.8. The fraction of sp³-hybridized carbons (Fsp3) is 0.0678. The normalized spacial score (nSPS) is 14.4. The quantitative estimate of drug-likeness (QED) is 0.0240. The first-order valence-electron chi connectivity index (χ1n) is 25.4. The molecule has 4 atom stereocenters. The van der Waals surface area contributed by atoms with Crippen LogP contribution < -0.4 is 53.2 Å². The van der Waals surface area contributed by atoms with E-state index in [-0.39, 0.29) is 28.8 Å². The fourth-order valence-electron chi connectivity index (χ4n) is 8.36. The predicted octanol–water partition coefficient (Wildman–Crippen LogP) is 9.99. The van der Waals surface area contributed by atoms with E-state index in [9.17, 15) is 32.7 Å². The first kappa shape index (κ1) is 58.4. The van der Waals surface area contributed by atoms with E-state index in [2.05, 4.69) is 14.2 Å². The van der Waals surface area contributed by atoms with Crippen molar-refractivity contribution < 1.29 is 83.2 Å². The van der Waals surface area contributed by atoms with Crippen molar-refractivity contribution in [2.45, 2.75) is 24.6 Å². The molecule has 0 aliphatic carbocycles. The van der Waals surface area contributed by atoms with Crippen LogP contribution in [0.4, 0.5) is 11.7 Å². The van der Waals surface area contributed by atoms with Gasteiger partial charge in [0.25, 0.3) is 18.9 Å². The highest BCUT2D eigenvalue weighted by atomic mass is 32.3. The van der Waals surface area contributed by atoms with Crippen LogP contribution >= 0.6 is 0 Å². The summed E-state index contributed by atoms with van der Waals surface area (Å²) in [6.45, 7) is 0. The minimum atomic E-state index is -5.24. The second-order valence-electron chi connectivity index (χ2n) is 18.5. The summed E-state index contributed by atoms with van der Waals surface area (Å²) >= 11 is 0. The minimum absolute atomic E-state index is 0.251. The van der Waals surface area contributed by atoms with Crippen molar-refractivity contribution in [2.24, 2.45) is 0 Å². The molecule has 16 nitrogen and oxygen atoms in total. The Balaban J connectivity index is 0.895. The summed E-state index contributed by atoms with van der Waals surface area (Å²) in [6, 6.07) is 65.2. The zero-order valence-electron chi connectivity index (χ0n) is 43.8. The molecular weight excluding hydrogens is 1150 g/mol. The second kappa shape index (κ2) is 26.2. The molecule has 10 rings (SSSR count). The molecule has 0 bridgehead atoms. The zero-order chi connectivity index (χ0) is 58.7. The van der Waals surface area contributed by atoms with Crippen LogP contribution in [0.1, 0.15) is 41.1 Å². The van der Waals surface area contributed by atoms with Crippen molar-refractivity contribution in [3.05, 3.63) is 259 Å². The SMILES string of the molecule is C=S(=O)(F)Cc1ccc(OC(Oc2ccc(B3OB(c4ccc(OC(Oc5ccc(OS(=O)(=O)F)cc5)c5ccccc5)cc4)OB(c4ccc(OC(Oc5ccc(OS(=O)(=O)F)cc5)c5ccccc5)cc4)O3)cc2)c2ccccc2)cc1. The van der Waals surface area contributed by atoms with Crippen LogP contribution in [-0.4, -0.2) is 48.3 Å². The smallest absolute Gasteiger partial charge is 0.451 e. The van der Waals surface area contributed by atoms with Gasteiger partial charge in [-0.05, 0) is 125 Å². The molecule has 0 N–H and O–H groups in total. The van der Waals surface area contributed by atoms with Gasteiger partial charge in [0, 0.05) is 16.7 Å². The van der Waals surface area contributed by atoms with Crippen LogP contribution in [0.15, 0.2) is 237 Å². The Hall–Kier alpha value is -8.84. The monoisotopic (exact) mass is 1200 g/mol. The summed E-state index contributed by atoms with van der Waals surface area (Å²) in [6.07, 6.45) is -2.93. The lowest BCUT2D eigenvalue weighted by atomic mass is 9.61. The molecule has 1 fully saturated rings. The topological polar surface area (TPSA) is 187 Å². The molecule has 1 heterocycles. The van der Waals surface area contributed by atoms with Crippen LogP contribution in [0.5, 0.6) is 46.0 Å². The summed E-state index contributed by atoms with van der Waals surface area (Å²) in [7, 11) is -17.3. The van der Waals surface area contributed by atoms with Gasteiger partial charge < -0.3 is 50.5 Å². The lowest BCUT2D eigenvalue weighted by molar-refractivity contribution is 0.00353. The van der Waals surface area contributed by atoms with E-state index in [0.29, 0.717) is 61.6 Å². The Morgan fingerprint density at radius 3 is 0.798 bits per heavy atom. The fourth-order valence-corrected chi connectivity index (χ4v) is 9.73. The number of rotatable bonds is 24. The maximum atomic E-state index is 13.8. The van der Waals surface area contributed by atoms with E-state index in [1.54, 1.807) is 121 Å². The Bertz CT molecular complexity index is 3530. The summed E-state index contributed by atoms with van der Waals surface area (Å²) in [5.74, 6) is 4.41. The summed E-state index contributed by atoms with van der Waals surface area (Å²) in [5.41, 5.74) is 4.21. The van der Waals surface area contributed by atoms with Crippen molar-refractivity contribution in [3.63, 3.8) is 0 Å². The molecule has 1 aliphatic heterocycles. The van der Waals surface area contributed by atoms with Crippen molar-refractivity contribution in [1.29, 1.82) is 0 Å². The summed E-state index contributed by atoms with van der Waals surface area (Å²) < 4.78 is 162. The number of hydrogen-bond acceptors (Lipinski definition) is 16. The minimum Gasteiger partial charge on any atom is -0.451 e. The third-order valence-electron chi connectivity index (χ3n) is 12.2. The van der Waals surface area contributed by atoms with Gasteiger partial charge in [-0.2, -0.15) is 16.8 Å². The van der Waals surface area contributed by atoms with Crippen LogP contribution in [0.2, 0.25) is 0 Å². The molecule has 1 saturated heterocycles. The van der Waals surface area contributed by atoms with Crippen molar-refractivity contribution in [3.8, 4) is 46.0 Å². The Morgan fingerprint density at radius 2 is 0.560 bits per heavy atom. The van der Waals surface area contributed by atoms with Gasteiger partial charge in [-0.1, -0.05) is 147 Å². The average molecular weight is 1200 g/mol. The molecule has 84 heavy (non-hydrogen) atoms. The molecule has 9 aromatic rings. The van der Waals surface area contributed by atoms with Gasteiger partial charge in [0.1, 0.15) is 55.9 Å². The van der Waals surface area contributed by atoms with Crippen molar-refractivity contribution >= 4 is 74.5 Å². The lowest BCUT2D eigenvalue weighted by Crippen LogP contribution is -2.61. The zero-order valence-corrected chi connectivity index (χ0v) is 46.2. The van der Waals surface area contributed by atoms with Crippen LogP contribution in [0, 0.1) is 0 Å². The van der Waals surface area contributed by atoms with Gasteiger partial charge in [0.2, 0.25) is 0 Å². The van der Waals surface area contributed by atoms with Crippen molar-refractivity contribution in [2.75, 3.05) is 0 Å². The second-order valence-corrected chi connectivity index (χ2v) is 22.1. The van der Waals surface area contributed by atoms with Crippen molar-refractivity contribution in [1.82, 2.24) is 0 Å². The third kappa shape index (κ3) is 16.9. The molecule has 0 spiro atoms. The molecule has 25 heteroatoms.